The molecule has 1 aliphatic heterocycles. The molecular formula is C11H15F3N2O4S. The van der Waals surface area contributed by atoms with Gasteiger partial charge >= 0.3 is 11.2 Å². The zero-order valence-corrected chi connectivity index (χ0v) is 11.9. The molecule has 0 spiro atoms. The molecule has 6 nitrogen and oxygen atoms in total. The van der Waals surface area contributed by atoms with Crippen LogP contribution < -0.4 is 11.2 Å². The molecule has 0 bridgehead atoms. The lowest BCUT2D eigenvalue weighted by atomic mass is 10.2. The van der Waals surface area contributed by atoms with Crippen LogP contribution >= 0.6 is 10.9 Å². The standard InChI is InChI=1S/C11H15F3N2O4S/c1-5-3-16(10(20)15-9(5)19)8-2-6(18)7(4-17)21(8)11(12,13)14/h3,6-8,17-18,21H,2,4H2,1H3,(H,15,19,20)/t6?,7-,8+/m0/s1. The van der Waals surface area contributed by atoms with Crippen molar-refractivity contribution in [2.45, 2.75) is 35.6 Å². The summed E-state index contributed by atoms with van der Waals surface area (Å²) in [5.41, 5.74) is -6.12. The van der Waals surface area contributed by atoms with Gasteiger partial charge in [0.05, 0.1) is 18.1 Å². The van der Waals surface area contributed by atoms with Crippen LogP contribution in [-0.4, -0.2) is 43.2 Å². The third-order valence-corrected chi connectivity index (χ3v) is 6.43. The van der Waals surface area contributed by atoms with E-state index in [0.29, 0.717) is 0 Å². The Labute approximate surface area is 119 Å². The topological polar surface area (TPSA) is 95.3 Å². The molecule has 1 aromatic heterocycles. The van der Waals surface area contributed by atoms with Gasteiger partial charge in [-0.15, -0.1) is 10.9 Å². The van der Waals surface area contributed by atoms with Gasteiger partial charge in [-0.3, -0.25) is 14.3 Å². The lowest BCUT2D eigenvalue weighted by Crippen LogP contribution is -2.34. The number of nitrogens with one attached hydrogen (secondary N) is 1. The predicted octanol–water partition coefficient (Wildman–Crippen LogP) is -0.00988. The number of H-pyrrole nitrogens is 1. The summed E-state index contributed by atoms with van der Waals surface area (Å²) in [6.45, 7) is 0.569. The zero-order chi connectivity index (χ0) is 15.9. The van der Waals surface area contributed by atoms with Crippen LogP contribution in [0.2, 0.25) is 0 Å². The van der Waals surface area contributed by atoms with Crippen molar-refractivity contribution >= 4 is 10.9 Å². The fourth-order valence-corrected chi connectivity index (χ4v) is 5.22. The second-order valence-electron chi connectivity index (χ2n) is 4.89. The summed E-state index contributed by atoms with van der Waals surface area (Å²) in [7, 11) is -2.83. The Bertz CT molecular complexity index is 642. The molecule has 2 heterocycles. The zero-order valence-electron chi connectivity index (χ0n) is 11.0. The van der Waals surface area contributed by atoms with Gasteiger partial charge in [-0.25, -0.2) is 4.79 Å². The molecule has 0 aliphatic carbocycles. The maximum Gasteiger partial charge on any atom is 0.425 e. The van der Waals surface area contributed by atoms with Crippen LogP contribution in [0.4, 0.5) is 13.2 Å². The van der Waals surface area contributed by atoms with E-state index in [-0.39, 0.29) is 12.0 Å². The number of alkyl halides is 3. The van der Waals surface area contributed by atoms with E-state index >= 15 is 0 Å². The first-order valence-electron chi connectivity index (χ1n) is 6.13. The first-order valence-corrected chi connectivity index (χ1v) is 7.61. The van der Waals surface area contributed by atoms with Gasteiger partial charge in [-0.05, 0) is 6.92 Å². The maximum absolute atomic E-state index is 13.2. The number of aryl methyl sites for hydroxylation is 1. The summed E-state index contributed by atoms with van der Waals surface area (Å²) < 4.78 is 40.5. The summed E-state index contributed by atoms with van der Waals surface area (Å²) in [6, 6.07) is 0. The Morgan fingerprint density at radius 1 is 1.48 bits per heavy atom. The van der Waals surface area contributed by atoms with Crippen LogP contribution in [0.25, 0.3) is 0 Å². The molecule has 21 heavy (non-hydrogen) atoms. The van der Waals surface area contributed by atoms with Crippen molar-refractivity contribution in [2.75, 3.05) is 6.61 Å². The molecule has 1 aliphatic rings. The molecule has 3 N–H and O–H groups in total. The van der Waals surface area contributed by atoms with E-state index in [1.54, 1.807) is 0 Å². The number of rotatable bonds is 2. The van der Waals surface area contributed by atoms with Crippen molar-refractivity contribution in [3.63, 3.8) is 0 Å². The minimum atomic E-state index is -4.62. The highest BCUT2D eigenvalue weighted by Gasteiger charge is 2.53. The molecule has 1 aromatic rings. The Balaban J connectivity index is 2.54. The molecule has 2 unspecified atom stereocenters. The molecule has 0 amide bonds. The summed E-state index contributed by atoms with van der Waals surface area (Å²) >= 11 is 0. The smallest absolute Gasteiger partial charge is 0.395 e. The highest BCUT2D eigenvalue weighted by Crippen LogP contribution is 2.63. The number of hydrogen-bond donors (Lipinski definition) is 4. The van der Waals surface area contributed by atoms with Gasteiger partial charge in [-0.1, -0.05) is 0 Å². The molecule has 4 atom stereocenters. The summed E-state index contributed by atoms with van der Waals surface area (Å²) in [4.78, 5) is 25.0. The predicted molar refractivity (Wildman–Crippen MR) is 71.6 cm³/mol. The van der Waals surface area contributed by atoms with Gasteiger partial charge in [0.25, 0.3) is 5.56 Å². The van der Waals surface area contributed by atoms with E-state index in [4.69, 9.17) is 5.11 Å². The van der Waals surface area contributed by atoms with Crippen LogP contribution in [0.15, 0.2) is 15.8 Å². The number of thiol groups is 1. The van der Waals surface area contributed by atoms with Gasteiger partial charge < -0.3 is 10.2 Å². The monoisotopic (exact) mass is 328 g/mol. The van der Waals surface area contributed by atoms with E-state index in [2.05, 4.69) is 0 Å². The van der Waals surface area contributed by atoms with Gasteiger partial charge in [0, 0.05) is 23.4 Å². The van der Waals surface area contributed by atoms with E-state index in [1.807, 2.05) is 4.98 Å². The van der Waals surface area contributed by atoms with Crippen molar-refractivity contribution < 1.29 is 23.4 Å². The largest absolute Gasteiger partial charge is 0.425 e. The number of aromatic amines is 1. The maximum atomic E-state index is 13.2. The average Bonchev–Trinajstić information content (AvgIpc) is 2.70. The van der Waals surface area contributed by atoms with E-state index in [1.165, 1.54) is 6.92 Å². The van der Waals surface area contributed by atoms with Gasteiger partial charge in [0.1, 0.15) is 0 Å². The quantitative estimate of drug-likeness (QED) is 0.574. The molecule has 0 radical (unpaired) electrons. The third-order valence-electron chi connectivity index (χ3n) is 3.52. The second-order valence-corrected chi connectivity index (χ2v) is 7.47. The van der Waals surface area contributed by atoms with Crippen molar-refractivity contribution in [1.82, 2.24) is 9.55 Å². The number of hydrogen-bond acceptors (Lipinski definition) is 4. The highest BCUT2D eigenvalue weighted by atomic mass is 32.2. The fraction of sp³-hybridized carbons (Fsp3) is 0.636. The second kappa shape index (κ2) is 5.50. The Hall–Kier alpha value is -1.26. The summed E-state index contributed by atoms with van der Waals surface area (Å²) in [5.74, 6) is 0. The van der Waals surface area contributed by atoms with E-state index in [0.717, 1.165) is 10.8 Å². The van der Waals surface area contributed by atoms with Crippen molar-refractivity contribution in [2.24, 2.45) is 0 Å². The van der Waals surface area contributed by atoms with Gasteiger partial charge in [-0.2, -0.15) is 13.2 Å². The average molecular weight is 328 g/mol. The number of aliphatic hydroxyl groups excluding tert-OH is 2. The molecule has 120 valence electrons. The van der Waals surface area contributed by atoms with Crippen LogP contribution in [0, 0.1) is 6.92 Å². The molecule has 10 heteroatoms. The molecule has 0 saturated carbocycles. The van der Waals surface area contributed by atoms with E-state index < -0.39 is 51.0 Å². The third kappa shape index (κ3) is 2.87. The fourth-order valence-electron chi connectivity index (χ4n) is 2.51. The molecular weight excluding hydrogens is 313 g/mol. The van der Waals surface area contributed by atoms with Gasteiger partial charge in [0.15, 0.2) is 0 Å². The number of nitrogens with zero attached hydrogens (tertiary/aromatic N) is 1. The SMILES string of the molecule is Cc1cn([C@H]2CC(O)[C@H](CO)[SH]2C(F)(F)F)c(=O)[nH]c1=O. The highest BCUT2D eigenvalue weighted by molar-refractivity contribution is 8.18. The van der Waals surface area contributed by atoms with E-state index in [9.17, 15) is 27.9 Å². The van der Waals surface area contributed by atoms with Crippen LogP contribution in [0.5, 0.6) is 0 Å². The van der Waals surface area contributed by atoms with Crippen LogP contribution in [0.1, 0.15) is 17.4 Å². The first kappa shape index (κ1) is 16.1. The Morgan fingerprint density at radius 2 is 2.10 bits per heavy atom. The van der Waals surface area contributed by atoms with Crippen molar-refractivity contribution in [3.8, 4) is 0 Å². The number of aromatic nitrogens is 2. The van der Waals surface area contributed by atoms with Crippen molar-refractivity contribution in [3.05, 3.63) is 32.6 Å². The first-order chi connectivity index (χ1) is 9.66. The Kier molecular flexibility index (Phi) is 4.22. The minimum absolute atomic E-state index is 0.105. The molecule has 1 fully saturated rings. The van der Waals surface area contributed by atoms with Crippen LogP contribution in [0.3, 0.4) is 0 Å². The molecule has 1 saturated heterocycles. The normalized spacial score (nSPS) is 31.5. The summed E-state index contributed by atoms with van der Waals surface area (Å²) in [6.07, 6.45) is -0.562. The van der Waals surface area contributed by atoms with Crippen molar-refractivity contribution in [1.29, 1.82) is 0 Å². The Morgan fingerprint density at radius 3 is 2.62 bits per heavy atom. The van der Waals surface area contributed by atoms with Gasteiger partial charge in [0.2, 0.25) is 0 Å². The number of aliphatic hydroxyl groups is 2. The molecule has 0 aromatic carbocycles. The number of halogens is 3. The lowest BCUT2D eigenvalue weighted by molar-refractivity contribution is -0.0374. The minimum Gasteiger partial charge on any atom is -0.395 e. The molecule has 2 rings (SSSR count). The summed E-state index contributed by atoms with van der Waals surface area (Å²) in [5, 5.41) is 16.2. The lowest BCUT2D eigenvalue weighted by Gasteiger charge is -2.31. The van der Waals surface area contributed by atoms with Crippen LogP contribution in [-0.2, 0) is 0 Å².